The van der Waals surface area contributed by atoms with E-state index in [0.717, 1.165) is 12.3 Å². The van der Waals surface area contributed by atoms with Gasteiger partial charge in [0.05, 0.1) is 22.8 Å². The lowest BCUT2D eigenvalue weighted by Crippen LogP contribution is -2.21. The van der Waals surface area contributed by atoms with E-state index in [0.29, 0.717) is 0 Å². The van der Waals surface area contributed by atoms with Crippen LogP contribution in [0.5, 0.6) is 5.75 Å². The number of hydrogen-bond donors (Lipinski definition) is 0. The van der Waals surface area contributed by atoms with E-state index in [9.17, 15) is 26.2 Å². The second-order valence-corrected chi connectivity index (χ2v) is 6.51. The third kappa shape index (κ3) is 3.60. The van der Waals surface area contributed by atoms with Gasteiger partial charge in [0.25, 0.3) is 0 Å². The zero-order valence-electron chi connectivity index (χ0n) is 13.5. The molecule has 2 rings (SSSR count). The molecule has 136 valence electrons. The smallest absolute Gasteiger partial charge is 0.198 e. The third-order valence-corrected chi connectivity index (χ3v) is 4.58. The minimum atomic E-state index is -2.11. The first-order valence-corrected chi connectivity index (χ1v) is 8.47. The normalized spacial score (nSPS) is 12.2. The molecule has 0 fully saturated rings. The Labute approximate surface area is 143 Å². The van der Waals surface area contributed by atoms with Gasteiger partial charge in [-0.3, -0.25) is 4.21 Å². The molecule has 0 aliphatic rings. The molecule has 0 spiro atoms. The van der Waals surface area contributed by atoms with Crippen molar-refractivity contribution in [3.05, 3.63) is 52.8 Å². The van der Waals surface area contributed by atoms with Crippen LogP contribution in [-0.4, -0.2) is 24.6 Å². The molecule has 9 heteroatoms. The molecule has 0 bridgehead atoms. The molecule has 0 aliphatic heterocycles. The maximum Gasteiger partial charge on any atom is 0.198 e. The summed E-state index contributed by atoms with van der Waals surface area (Å²) in [5.41, 5.74) is -0.355. The van der Waals surface area contributed by atoms with Gasteiger partial charge >= 0.3 is 0 Å². The van der Waals surface area contributed by atoms with Gasteiger partial charge in [-0.25, -0.2) is 22.0 Å². The quantitative estimate of drug-likeness (QED) is 0.450. The molecule has 2 aromatic rings. The molecule has 0 amide bonds. The monoisotopic (exact) mass is 379 g/mol. The van der Waals surface area contributed by atoms with Gasteiger partial charge in [-0.1, -0.05) is 0 Å². The van der Waals surface area contributed by atoms with E-state index in [2.05, 4.69) is 0 Å². The largest absolute Gasteiger partial charge is 0.494 e. The van der Waals surface area contributed by atoms with Crippen molar-refractivity contribution < 1.29 is 30.9 Å². The van der Waals surface area contributed by atoms with Crippen LogP contribution in [-0.2, 0) is 17.3 Å². The van der Waals surface area contributed by atoms with Crippen LogP contribution < -0.4 is 9.64 Å². The van der Waals surface area contributed by atoms with Gasteiger partial charge < -0.3 is 9.64 Å². The van der Waals surface area contributed by atoms with Crippen LogP contribution in [0.3, 0.4) is 0 Å². The number of benzene rings is 2. The summed E-state index contributed by atoms with van der Waals surface area (Å²) in [7, 11) is 0.581. The average molecular weight is 379 g/mol. The SMILES string of the molecule is COc1ccc(N(C)Cc2c(F)c(F)c(F)c(F)c2[S@](C)=O)cc1F. The summed E-state index contributed by atoms with van der Waals surface area (Å²) < 4.78 is 85.1. The molecule has 25 heavy (non-hydrogen) atoms. The second-order valence-electron chi connectivity index (χ2n) is 5.19. The van der Waals surface area contributed by atoms with Crippen molar-refractivity contribution in [3.8, 4) is 5.75 Å². The summed E-state index contributed by atoms with van der Waals surface area (Å²) in [4.78, 5) is 0.505. The lowest BCUT2D eigenvalue weighted by molar-refractivity contribution is 0.386. The van der Waals surface area contributed by atoms with Gasteiger partial charge in [-0.2, -0.15) is 0 Å². The maximum atomic E-state index is 14.1. The summed E-state index contributed by atoms with van der Waals surface area (Å²) >= 11 is 0. The van der Waals surface area contributed by atoms with Crippen LogP contribution in [0, 0.1) is 29.1 Å². The van der Waals surface area contributed by atoms with Crippen LogP contribution >= 0.6 is 0 Å². The number of nitrogens with zero attached hydrogens (tertiary/aromatic N) is 1. The van der Waals surface area contributed by atoms with Gasteiger partial charge in [0, 0.05) is 37.2 Å². The zero-order chi connectivity index (χ0) is 18.9. The van der Waals surface area contributed by atoms with Gasteiger partial charge in [0.15, 0.2) is 34.8 Å². The topological polar surface area (TPSA) is 29.5 Å². The number of halogens is 5. The lowest BCUT2D eigenvalue weighted by Gasteiger charge is -2.22. The fraction of sp³-hybridized carbons (Fsp3) is 0.250. The summed E-state index contributed by atoms with van der Waals surface area (Å²) in [6.45, 7) is -0.458. The Kier molecular flexibility index (Phi) is 5.66. The molecule has 0 saturated heterocycles. The molecule has 0 radical (unpaired) electrons. The minimum absolute atomic E-state index is 0.0162. The van der Waals surface area contributed by atoms with E-state index in [1.54, 1.807) is 0 Å². The molecule has 0 aliphatic carbocycles. The number of anilines is 1. The first-order chi connectivity index (χ1) is 11.7. The van der Waals surface area contributed by atoms with E-state index in [1.807, 2.05) is 0 Å². The van der Waals surface area contributed by atoms with Crippen molar-refractivity contribution in [2.45, 2.75) is 11.4 Å². The molecule has 0 saturated carbocycles. The van der Waals surface area contributed by atoms with Gasteiger partial charge in [-0.15, -0.1) is 0 Å². The zero-order valence-corrected chi connectivity index (χ0v) is 14.3. The summed E-state index contributed by atoms with van der Waals surface area (Å²) in [5.74, 6) is -8.06. The molecule has 0 N–H and O–H groups in total. The van der Waals surface area contributed by atoms with Crippen LogP contribution in [0.15, 0.2) is 23.1 Å². The van der Waals surface area contributed by atoms with Crippen LogP contribution in [0.2, 0.25) is 0 Å². The summed E-state index contributed by atoms with van der Waals surface area (Å²) in [5, 5.41) is 0. The summed E-state index contributed by atoms with van der Waals surface area (Å²) in [6.07, 6.45) is 1.02. The average Bonchev–Trinajstić information content (AvgIpc) is 2.57. The Hall–Kier alpha value is -2.16. The molecule has 0 unspecified atom stereocenters. The van der Waals surface area contributed by atoms with Crippen molar-refractivity contribution in [3.63, 3.8) is 0 Å². The second kappa shape index (κ2) is 7.38. The predicted octanol–water partition coefficient (Wildman–Crippen LogP) is 3.76. The van der Waals surface area contributed by atoms with Crippen LogP contribution in [0.4, 0.5) is 27.6 Å². The molecule has 1 atom stereocenters. The van der Waals surface area contributed by atoms with Crippen molar-refractivity contribution >= 4 is 16.5 Å². The molecule has 3 nitrogen and oxygen atoms in total. The highest BCUT2D eigenvalue weighted by molar-refractivity contribution is 7.84. The molecule has 2 aromatic carbocycles. The van der Waals surface area contributed by atoms with Crippen molar-refractivity contribution in [2.75, 3.05) is 25.3 Å². The number of rotatable bonds is 5. The molecular weight excluding hydrogens is 365 g/mol. The van der Waals surface area contributed by atoms with Crippen LogP contribution in [0.1, 0.15) is 5.56 Å². The fourth-order valence-corrected chi connectivity index (χ4v) is 3.16. The van der Waals surface area contributed by atoms with Gasteiger partial charge in [0.1, 0.15) is 0 Å². The first-order valence-electron chi connectivity index (χ1n) is 6.91. The Morgan fingerprint density at radius 1 is 1.04 bits per heavy atom. The Balaban J connectivity index is 2.49. The van der Waals surface area contributed by atoms with Crippen molar-refractivity contribution in [2.24, 2.45) is 0 Å². The maximum absolute atomic E-state index is 14.1. The predicted molar refractivity (Wildman–Crippen MR) is 83.7 cm³/mol. The van der Waals surface area contributed by atoms with E-state index in [1.165, 1.54) is 31.2 Å². The lowest BCUT2D eigenvalue weighted by atomic mass is 10.1. The van der Waals surface area contributed by atoms with E-state index in [-0.39, 0.29) is 11.4 Å². The van der Waals surface area contributed by atoms with Gasteiger partial charge in [-0.05, 0) is 12.1 Å². The third-order valence-electron chi connectivity index (χ3n) is 3.58. The molecule has 0 aromatic heterocycles. The van der Waals surface area contributed by atoms with Gasteiger partial charge in [0.2, 0.25) is 0 Å². The Morgan fingerprint density at radius 3 is 2.16 bits per heavy atom. The van der Waals surface area contributed by atoms with E-state index >= 15 is 0 Å². The summed E-state index contributed by atoms with van der Waals surface area (Å²) in [6, 6.07) is 3.84. The minimum Gasteiger partial charge on any atom is -0.494 e. The Bertz CT molecular complexity index is 844. The highest BCUT2D eigenvalue weighted by Crippen LogP contribution is 2.29. The van der Waals surface area contributed by atoms with E-state index in [4.69, 9.17) is 4.74 Å². The molecule has 0 heterocycles. The van der Waals surface area contributed by atoms with Crippen molar-refractivity contribution in [1.82, 2.24) is 0 Å². The standard InChI is InChI=1S/C16H14F5NO2S/c1-22(8-4-5-11(24-2)10(17)6-8)7-9-12(18)13(19)14(20)15(21)16(9)25(3)23/h4-6H,7H2,1-3H3/t25-/m0/s1. The highest BCUT2D eigenvalue weighted by atomic mass is 32.2. The highest BCUT2D eigenvalue weighted by Gasteiger charge is 2.28. The first kappa shape index (κ1) is 19.2. The molecular formula is C16H14F5NO2S. The fourth-order valence-electron chi connectivity index (χ4n) is 2.32. The van der Waals surface area contributed by atoms with Crippen LogP contribution in [0.25, 0.3) is 0 Å². The number of methoxy groups -OCH3 is 1. The van der Waals surface area contributed by atoms with Crippen molar-refractivity contribution in [1.29, 1.82) is 0 Å². The van der Waals surface area contributed by atoms with E-state index < -0.39 is 56.9 Å². The number of hydrogen-bond acceptors (Lipinski definition) is 3. The Morgan fingerprint density at radius 2 is 1.64 bits per heavy atom. The number of ether oxygens (including phenoxy) is 1.